The predicted octanol–water partition coefficient (Wildman–Crippen LogP) is 2.77. The van der Waals surface area contributed by atoms with Crippen LogP contribution in [0.3, 0.4) is 0 Å². The molecule has 0 bridgehead atoms. The summed E-state index contributed by atoms with van der Waals surface area (Å²) in [6, 6.07) is 0. The number of rotatable bonds is 0. The Labute approximate surface area is 153 Å². The minimum absolute atomic E-state index is 0.165. The van der Waals surface area contributed by atoms with Gasteiger partial charge in [0.25, 0.3) is 0 Å². The Morgan fingerprint density at radius 2 is 0.962 bits per heavy atom. The SMILES string of the molecule is C1=CC2O/C=C\O/C=C\OC3C=CC=CC3OCCOCCOC2C=C1. The monoisotopic (exact) mass is 360 g/mol. The molecule has 6 heteroatoms. The molecular weight excluding hydrogens is 336 g/mol. The molecule has 4 atom stereocenters. The first-order valence-corrected chi connectivity index (χ1v) is 8.71. The maximum absolute atomic E-state index is 5.82. The molecule has 6 nitrogen and oxygen atoms in total. The molecule has 26 heavy (non-hydrogen) atoms. The lowest BCUT2D eigenvalue weighted by molar-refractivity contribution is -0.0475. The average molecular weight is 360 g/mol. The first-order valence-electron chi connectivity index (χ1n) is 8.71. The molecule has 0 aromatic rings. The van der Waals surface area contributed by atoms with Gasteiger partial charge >= 0.3 is 0 Å². The topological polar surface area (TPSA) is 55.4 Å². The largest absolute Gasteiger partial charge is 0.488 e. The van der Waals surface area contributed by atoms with Gasteiger partial charge in [-0.3, -0.25) is 0 Å². The molecule has 4 unspecified atom stereocenters. The summed E-state index contributed by atoms with van der Waals surface area (Å²) in [6.07, 6.45) is 20.6. The molecule has 1 aliphatic heterocycles. The molecule has 0 aromatic carbocycles. The number of allylic oxidation sites excluding steroid dienone is 4. The summed E-state index contributed by atoms with van der Waals surface area (Å²) in [6.45, 7) is 1.94. The minimum atomic E-state index is -0.206. The quantitative estimate of drug-likeness (QED) is 0.662. The summed E-state index contributed by atoms with van der Waals surface area (Å²) in [5.74, 6) is 0. The van der Waals surface area contributed by atoms with Gasteiger partial charge in [-0.25, -0.2) is 0 Å². The van der Waals surface area contributed by atoms with Crippen molar-refractivity contribution in [2.45, 2.75) is 24.4 Å². The first kappa shape index (κ1) is 18.5. The number of hydrogen-bond donors (Lipinski definition) is 0. The van der Waals surface area contributed by atoms with Gasteiger partial charge in [-0.05, 0) is 12.2 Å². The summed E-state index contributed by atoms with van der Waals surface area (Å²) >= 11 is 0. The highest BCUT2D eigenvalue weighted by Crippen LogP contribution is 2.14. The molecule has 2 aliphatic carbocycles. The van der Waals surface area contributed by atoms with Crippen molar-refractivity contribution in [3.63, 3.8) is 0 Å². The van der Waals surface area contributed by atoms with Crippen LogP contribution >= 0.6 is 0 Å². The summed E-state index contributed by atoms with van der Waals surface area (Å²) in [4.78, 5) is 0. The Balaban J connectivity index is 1.56. The number of hydrogen-bond acceptors (Lipinski definition) is 6. The smallest absolute Gasteiger partial charge is 0.146 e. The lowest BCUT2D eigenvalue weighted by atomic mass is 10.1. The molecule has 0 aromatic heterocycles. The molecule has 0 saturated carbocycles. The van der Waals surface area contributed by atoms with Crippen molar-refractivity contribution >= 4 is 0 Å². The van der Waals surface area contributed by atoms with Crippen LogP contribution in [0.25, 0.3) is 0 Å². The fourth-order valence-corrected chi connectivity index (χ4v) is 2.62. The fraction of sp³-hybridized carbons (Fsp3) is 0.400. The minimum Gasteiger partial charge on any atom is -0.488 e. The molecule has 140 valence electrons. The van der Waals surface area contributed by atoms with Crippen LogP contribution in [-0.4, -0.2) is 50.8 Å². The van der Waals surface area contributed by atoms with E-state index in [0.29, 0.717) is 26.4 Å². The lowest BCUT2D eigenvalue weighted by Gasteiger charge is -2.24. The number of fused-ring (bicyclic) bond motifs is 2. The average Bonchev–Trinajstić information content (AvgIpc) is 2.68. The highest BCUT2D eigenvalue weighted by molar-refractivity contribution is 5.18. The Hall–Kier alpha value is -2.28. The highest BCUT2D eigenvalue weighted by Gasteiger charge is 2.21. The van der Waals surface area contributed by atoms with E-state index < -0.39 is 0 Å². The maximum atomic E-state index is 5.82. The van der Waals surface area contributed by atoms with Crippen LogP contribution in [-0.2, 0) is 28.4 Å². The Morgan fingerprint density at radius 3 is 1.46 bits per heavy atom. The van der Waals surface area contributed by atoms with Crippen molar-refractivity contribution in [3.8, 4) is 0 Å². The van der Waals surface area contributed by atoms with Crippen molar-refractivity contribution in [1.29, 1.82) is 0 Å². The molecule has 0 spiro atoms. The lowest BCUT2D eigenvalue weighted by Crippen LogP contribution is -2.30. The molecule has 3 aliphatic rings. The van der Waals surface area contributed by atoms with Crippen LogP contribution in [0.4, 0.5) is 0 Å². The fourth-order valence-electron chi connectivity index (χ4n) is 2.62. The van der Waals surface area contributed by atoms with E-state index in [4.69, 9.17) is 28.4 Å². The second-order valence-electron chi connectivity index (χ2n) is 5.70. The van der Waals surface area contributed by atoms with Crippen LogP contribution in [0.15, 0.2) is 73.7 Å². The molecule has 0 amide bonds. The van der Waals surface area contributed by atoms with Crippen molar-refractivity contribution in [1.82, 2.24) is 0 Å². The van der Waals surface area contributed by atoms with Crippen LogP contribution in [0.2, 0.25) is 0 Å². The Kier molecular flexibility index (Phi) is 7.58. The van der Waals surface area contributed by atoms with Crippen molar-refractivity contribution in [2.24, 2.45) is 0 Å². The summed E-state index contributed by atoms with van der Waals surface area (Å²) in [5, 5.41) is 0. The van der Waals surface area contributed by atoms with Crippen molar-refractivity contribution < 1.29 is 28.4 Å². The third kappa shape index (κ3) is 5.91. The van der Waals surface area contributed by atoms with Gasteiger partial charge < -0.3 is 28.4 Å². The molecular formula is C20H24O6. The summed E-state index contributed by atoms with van der Waals surface area (Å²) in [7, 11) is 0. The molecule has 0 N–H and O–H groups in total. The molecule has 0 radical (unpaired) electrons. The van der Waals surface area contributed by atoms with E-state index >= 15 is 0 Å². The van der Waals surface area contributed by atoms with Gasteiger partial charge in [0.05, 0.1) is 26.4 Å². The van der Waals surface area contributed by atoms with Gasteiger partial charge in [-0.15, -0.1) is 0 Å². The highest BCUT2D eigenvalue weighted by atomic mass is 16.6. The van der Waals surface area contributed by atoms with E-state index in [-0.39, 0.29) is 24.4 Å². The third-order valence-corrected chi connectivity index (χ3v) is 3.89. The van der Waals surface area contributed by atoms with Crippen LogP contribution in [0, 0.1) is 0 Å². The van der Waals surface area contributed by atoms with E-state index in [9.17, 15) is 0 Å². The van der Waals surface area contributed by atoms with Gasteiger partial charge in [0.1, 0.15) is 49.5 Å². The predicted molar refractivity (Wildman–Crippen MR) is 96.0 cm³/mol. The third-order valence-electron chi connectivity index (χ3n) is 3.89. The summed E-state index contributed by atoms with van der Waals surface area (Å²) < 4.78 is 33.8. The normalized spacial score (nSPS) is 34.8. The van der Waals surface area contributed by atoms with Crippen LogP contribution in [0.1, 0.15) is 0 Å². The van der Waals surface area contributed by atoms with Crippen LogP contribution < -0.4 is 0 Å². The van der Waals surface area contributed by atoms with E-state index in [1.165, 1.54) is 25.0 Å². The first-order chi connectivity index (χ1) is 12.9. The van der Waals surface area contributed by atoms with Gasteiger partial charge in [0, 0.05) is 0 Å². The van der Waals surface area contributed by atoms with Crippen molar-refractivity contribution in [2.75, 3.05) is 26.4 Å². The van der Waals surface area contributed by atoms with E-state index in [1.807, 2.05) is 48.6 Å². The van der Waals surface area contributed by atoms with E-state index in [1.54, 1.807) is 0 Å². The molecule has 1 heterocycles. The van der Waals surface area contributed by atoms with Gasteiger partial charge in [0.2, 0.25) is 0 Å². The Bertz CT molecular complexity index is 539. The number of ether oxygens (including phenoxy) is 6. The second-order valence-corrected chi connectivity index (χ2v) is 5.70. The van der Waals surface area contributed by atoms with Crippen molar-refractivity contribution in [3.05, 3.63) is 73.7 Å². The zero-order chi connectivity index (χ0) is 17.9. The molecule has 0 saturated heterocycles. The van der Waals surface area contributed by atoms with E-state index in [2.05, 4.69) is 0 Å². The van der Waals surface area contributed by atoms with Gasteiger partial charge in [-0.1, -0.05) is 36.5 Å². The molecule has 0 fully saturated rings. The zero-order valence-corrected chi connectivity index (χ0v) is 14.5. The Morgan fingerprint density at radius 1 is 0.500 bits per heavy atom. The summed E-state index contributed by atoms with van der Waals surface area (Å²) in [5.41, 5.74) is 0. The maximum Gasteiger partial charge on any atom is 0.146 e. The molecule has 3 rings (SSSR count). The van der Waals surface area contributed by atoms with Gasteiger partial charge in [-0.2, -0.15) is 0 Å². The zero-order valence-electron chi connectivity index (χ0n) is 14.5. The van der Waals surface area contributed by atoms with Gasteiger partial charge in [0.15, 0.2) is 0 Å². The second kappa shape index (κ2) is 10.7. The standard InChI is InChI=1S/C20H24O6/c1-2-6-18-17(5-1)23-13-9-21-11-15-25-19-7-3-4-8-20(19)26-16-12-22-10-14-24-18/h1-9,11,13,15,17-20H,10,12,14,16H2/b13-9-,15-11-. The van der Waals surface area contributed by atoms with E-state index in [0.717, 1.165) is 0 Å². The van der Waals surface area contributed by atoms with Crippen LogP contribution in [0.5, 0.6) is 0 Å².